The van der Waals surface area contributed by atoms with Crippen molar-refractivity contribution in [1.82, 2.24) is 20.0 Å². The maximum atomic E-state index is 13.2. The summed E-state index contributed by atoms with van der Waals surface area (Å²) in [4.78, 5) is 41.8. The molecule has 1 aromatic rings. The molecule has 1 aliphatic rings. The third-order valence-electron chi connectivity index (χ3n) is 4.62. The average Bonchev–Trinajstić information content (AvgIpc) is 2.65. The summed E-state index contributed by atoms with van der Waals surface area (Å²) >= 11 is 0. The predicted molar refractivity (Wildman–Crippen MR) is 114 cm³/mol. The van der Waals surface area contributed by atoms with Crippen molar-refractivity contribution in [3.05, 3.63) is 41.7 Å². The van der Waals surface area contributed by atoms with Crippen LogP contribution in [0.15, 0.2) is 30.3 Å². The summed E-state index contributed by atoms with van der Waals surface area (Å²) in [6.07, 6.45) is 2.85. The van der Waals surface area contributed by atoms with Crippen LogP contribution in [-0.4, -0.2) is 84.3 Å². The lowest BCUT2D eigenvalue weighted by Gasteiger charge is -2.35. The summed E-state index contributed by atoms with van der Waals surface area (Å²) in [6.45, 7) is 8.34. The van der Waals surface area contributed by atoms with Crippen molar-refractivity contribution in [3.63, 3.8) is 0 Å². The van der Waals surface area contributed by atoms with Gasteiger partial charge in [0.15, 0.2) is 0 Å². The van der Waals surface area contributed by atoms with E-state index in [-0.39, 0.29) is 35.6 Å². The number of hydrogen-bond donors (Lipinski definition) is 1. The first kappa shape index (κ1) is 23.5. The van der Waals surface area contributed by atoms with Crippen molar-refractivity contribution in [1.29, 1.82) is 0 Å². The van der Waals surface area contributed by atoms with Crippen molar-refractivity contribution >= 4 is 23.8 Å². The Morgan fingerprint density at radius 3 is 2.43 bits per heavy atom. The van der Waals surface area contributed by atoms with E-state index in [0.29, 0.717) is 38.3 Å². The third kappa shape index (κ3) is 7.94. The maximum absolute atomic E-state index is 13.2. The number of carbonyl (C=O) groups excluding carboxylic acids is 3. The monoisotopic (exact) mass is 418 g/mol. The molecule has 0 aliphatic carbocycles. The molecule has 0 spiro atoms. The molecule has 164 valence electrons. The normalized spacial score (nSPS) is 15.3. The van der Waals surface area contributed by atoms with E-state index in [4.69, 9.17) is 0 Å². The SMILES string of the molecule is CN(CC(=O)N1CCN(CC(=O)NC(C)(C)C)CC1)C(=O)/C=C/c1cccc(F)c1. The van der Waals surface area contributed by atoms with Gasteiger partial charge in [-0.25, -0.2) is 4.39 Å². The van der Waals surface area contributed by atoms with E-state index in [2.05, 4.69) is 5.32 Å². The molecule has 2 rings (SSSR count). The molecule has 0 radical (unpaired) electrons. The van der Waals surface area contributed by atoms with Crippen LogP contribution >= 0.6 is 0 Å². The molecule has 1 heterocycles. The third-order valence-corrected chi connectivity index (χ3v) is 4.62. The minimum Gasteiger partial charge on any atom is -0.350 e. The summed E-state index contributed by atoms with van der Waals surface area (Å²) in [5.74, 6) is -0.866. The van der Waals surface area contributed by atoms with Gasteiger partial charge in [-0.05, 0) is 44.5 Å². The van der Waals surface area contributed by atoms with Gasteiger partial charge in [-0.1, -0.05) is 12.1 Å². The molecule has 30 heavy (non-hydrogen) atoms. The molecule has 1 fully saturated rings. The molecule has 7 nitrogen and oxygen atoms in total. The van der Waals surface area contributed by atoms with Gasteiger partial charge in [0.05, 0.1) is 13.1 Å². The van der Waals surface area contributed by atoms with Crippen molar-refractivity contribution in [3.8, 4) is 0 Å². The Balaban J connectivity index is 1.77. The minimum absolute atomic E-state index is 0.0299. The van der Waals surface area contributed by atoms with Crippen LogP contribution in [0.3, 0.4) is 0 Å². The topological polar surface area (TPSA) is 73.0 Å². The number of halogens is 1. The largest absolute Gasteiger partial charge is 0.350 e. The lowest BCUT2D eigenvalue weighted by atomic mass is 10.1. The first-order valence-electron chi connectivity index (χ1n) is 10.0. The minimum atomic E-state index is -0.372. The molecule has 1 aromatic carbocycles. The Kier molecular flexibility index (Phi) is 8.11. The molecule has 0 aromatic heterocycles. The molecule has 1 aliphatic heterocycles. The van der Waals surface area contributed by atoms with Crippen molar-refractivity contribution in [2.45, 2.75) is 26.3 Å². The van der Waals surface area contributed by atoms with Crippen molar-refractivity contribution < 1.29 is 18.8 Å². The molecular formula is C22H31FN4O3. The Hall–Kier alpha value is -2.74. The van der Waals surface area contributed by atoms with Gasteiger partial charge < -0.3 is 15.1 Å². The number of hydrogen-bond acceptors (Lipinski definition) is 4. The van der Waals surface area contributed by atoms with Gasteiger partial charge in [0.1, 0.15) is 5.82 Å². The summed E-state index contributed by atoms with van der Waals surface area (Å²) < 4.78 is 13.2. The summed E-state index contributed by atoms with van der Waals surface area (Å²) in [5, 5.41) is 2.93. The highest BCUT2D eigenvalue weighted by Crippen LogP contribution is 2.07. The van der Waals surface area contributed by atoms with Crippen LogP contribution in [0.2, 0.25) is 0 Å². The maximum Gasteiger partial charge on any atom is 0.246 e. The van der Waals surface area contributed by atoms with Gasteiger partial charge in [0.25, 0.3) is 0 Å². The predicted octanol–water partition coefficient (Wildman–Crippen LogP) is 1.36. The number of nitrogens with zero attached hydrogens (tertiary/aromatic N) is 3. The number of amides is 3. The Morgan fingerprint density at radius 1 is 1.17 bits per heavy atom. The van der Waals surface area contributed by atoms with E-state index < -0.39 is 0 Å². The second-order valence-electron chi connectivity index (χ2n) is 8.54. The quantitative estimate of drug-likeness (QED) is 0.708. The number of benzene rings is 1. The zero-order chi connectivity index (χ0) is 22.3. The van der Waals surface area contributed by atoms with Gasteiger partial charge in [-0.3, -0.25) is 19.3 Å². The summed E-state index contributed by atoms with van der Waals surface area (Å²) in [7, 11) is 1.56. The van der Waals surface area contributed by atoms with Gasteiger partial charge in [-0.15, -0.1) is 0 Å². The van der Waals surface area contributed by atoms with Crippen LogP contribution in [0.1, 0.15) is 26.3 Å². The van der Waals surface area contributed by atoms with Gasteiger partial charge in [-0.2, -0.15) is 0 Å². The van der Waals surface area contributed by atoms with Gasteiger partial charge in [0, 0.05) is 44.8 Å². The molecule has 1 saturated heterocycles. The number of likely N-dealkylation sites (N-methyl/N-ethyl adjacent to an activating group) is 1. The molecule has 0 saturated carbocycles. The van der Waals surface area contributed by atoms with Crippen LogP contribution in [-0.2, 0) is 14.4 Å². The summed E-state index contributed by atoms with van der Waals surface area (Å²) in [5.41, 5.74) is 0.310. The average molecular weight is 419 g/mol. The molecule has 3 amide bonds. The lowest BCUT2D eigenvalue weighted by molar-refractivity contribution is -0.138. The zero-order valence-corrected chi connectivity index (χ0v) is 18.2. The first-order valence-corrected chi connectivity index (χ1v) is 10.0. The zero-order valence-electron chi connectivity index (χ0n) is 18.2. The highest BCUT2D eigenvalue weighted by atomic mass is 19.1. The van der Waals surface area contributed by atoms with E-state index in [1.165, 1.54) is 29.2 Å². The Bertz CT molecular complexity index is 796. The molecule has 1 N–H and O–H groups in total. The van der Waals surface area contributed by atoms with Crippen LogP contribution in [0.4, 0.5) is 4.39 Å². The van der Waals surface area contributed by atoms with Crippen LogP contribution in [0, 0.1) is 5.82 Å². The van der Waals surface area contributed by atoms with Crippen molar-refractivity contribution in [2.24, 2.45) is 0 Å². The fourth-order valence-electron chi connectivity index (χ4n) is 3.10. The number of nitrogens with one attached hydrogen (secondary N) is 1. The Morgan fingerprint density at radius 2 is 1.83 bits per heavy atom. The number of carbonyl (C=O) groups is 3. The van der Waals surface area contributed by atoms with E-state index >= 15 is 0 Å². The van der Waals surface area contributed by atoms with E-state index in [1.54, 1.807) is 24.1 Å². The number of piperazine rings is 1. The van der Waals surface area contributed by atoms with Crippen molar-refractivity contribution in [2.75, 3.05) is 46.3 Å². The molecule has 0 atom stereocenters. The van der Waals surface area contributed by atoms with Gasteiger partial charge >= 0.3 is 0 Å². The van der Waals surface area contributed by atoms with Crippen LogP contribution in [0.5, 0.6) is 0 Å². The lowest BCUT2D eigenvalue weighted by Crippen LogP contribution is -2.54. The molecule has 0 bridgehead atoms. The first-order chi connectivity index (χ1) is 14.0. The Labute approximate surface area is 177 Å². The van der Waals surface area contributed by atoms with E-state index in [9.17, 15) is 18.8 Å². The summed E-state index contributed by atoms with van der Waals surface area (Å²) in [6, 6.07) is 5.93. The van der Waals surface area contributed by atoms with E-state index in [0.717, 1.165) is 0 Å². The van der Waals surface area contributed by atoms with E-state index in [1.807, 2.05) is 25.7 Å². The van der Waals surface area contributed by atoms with Gasteiger partial charge in [0.2, 0.25) is 17.7 Å². The smallest absolute Gasteiger partial charge is 0.246 e. The fourth-order valence-corrected chi connectivity index (χ4v) is 3.10. The molecule has 8 heteroatoms. The van der Waals surface area contributed by atoms with Crippen LogP contribution in [0.25, 0.3) is 6.08 Å². The highest BCUT2D eigenvalue weighted by Gasteiger charge is 2.24. The van der Waals surface area contributed by atoms with Crippen LogP contribution < -0.4 is 5.32 Å². The molecule has 0 unspecified atom stereocenters. The number of rotatable bonds is 6. The standard InChI is InChI=1S/C22H31FN4O3/c1-22(2,3)24-19(28)15-26-10-12-27(13-11-26)21(30)16-25(4)20(29)9-8-17-6-5-7-18(23)14-17/h5-9,14H,10-13,15-16H2,1-4H3,(H,24,28)/b9-8+. The second-order valence-corrected chi connectivity index (χ2v) is 8.54. The highest BCUT2D eigenvalue weighted by molar-refractivity contribution is 5.94. The second kappa shape index (κ2) is 10.3. The fraction of sp³-hybridized carbons (Fsp3) is 0.500. The molecular weight excluding hydrogens is 387 g/mol.